The predicted molar refractivity (Wildman–Crippen MR) is 97.0 cm³/mol. The van der Waals surface area contributed by atoms with E-state index in [1.807, 2.05) is 24.0 Å². The fraction of sp³-hybridized carbons (Fsp3) is 0.619. The summed E-state index contributed by atoms with van der Waals surface area (Å²) in [6, 6.07) is 3.56. The summed E-state index contributed by atoms with van der Waals surface area (Å²) in [5.41, 5.74) is 0.0959. The number of piperidine rings is 1. The molecule has 4 atom stereocenters. The third-order valence-electron chi connectivity index (χ3n) is 7.25. The van der Waals surface area contributed by atoms with Crippen LogP contribution in [0.5, 0.6) is 11.5 Å². The number of carbonyl (C=O) groups is 2. The summed E-state index contributed by atoms with van der Waals surface area (Å²) < 4.78 is 11.7. The van der Waals surface area contributed by atoms with Crippen molar-refractivity contribution in [2.75, 3.05) is 13.7 Å². The van der Waals surface area contributed by atoms with Crippen molar-refractivity contribution in [3.05, 3.63) is 23.3 Å². The van der Waals surface area contributed by atoms with Crippen LogP contribution in [0.2, 0.25) is 0 Å². The van der Waals surface area contributed by atoms with Crippen molar-refractivity contribution >= 4 is 11.7 Å². The van der Waals surface area contributed by atoms with E-state index in [1.54, 1.807) is 7.11 Å². The molecule has 27 heavy (non-hydrogen) atoms. The van der Waals surface area contributed by atoms with Gasteiger partial charge in [0.25, 0.3) is 0 Å². The number of carbonyl (C=O) groups excluding carboxylic acids is 2. The summed E-state index contributed by atoms with van der Waals surface area (Å²) in [4.78, 5) is 27.5. The highest BCUT2D eigenvalue weighted by Gasteiger charge is 2.73. The van der Waals surface area contributed by atoms with Gasteiger partial charge in [-0.3, -0.25) is 9.59 Å². The molecule has 2 bridgehead atoms. The molecular formula is C21H25NO5. The minimum absolute atomic E-state index is 0.0397. The number of aliphatic hydroxyl groups is 1. The second kappa shape index (κ2) is 5.47. The van der Waals surface area contributed by atoms with Gasteiger partial charge >= 0.3 is 0 Å². The van der Waals surface area contributed by atoms with Gasteiger partial charge in [-0.15, -0.1) is 0 Å². The van der Waals surface area contributed by atoms with Crippen LogP contribution in [0.1, 0.15) is 50.2 Å². The molecule has 2 aliphatic carbocycles. The molecule has 1 saturated carbocycles. The maximum atomic E-state index is 12.8. The number of Topliss-reactive ketones (excluding diaryl/α,β-unsaturated/α-hetero) is 1. The number of nitrogens with zero attached hydrogens (tertiary/aromatic N) is 1. The van der Waals surface area contributed by atoms with Crippen LogP contribution in [-0.2, 0) is 21.4 Å². The van der Waals surface area contributed by atoms with Gasteiger partial charge in [-0.1, -0.05) is 13.0 Å². The van der Waals surface area contributed by atoms with Crippen molar-refractivity contribution in [1.82, 2.24) is 4.90 Å². The predicted octanol–water partition coefficient (Wildman–Crippen LogP) is 1.75. The molecule has 0 unspecified atom stereocenters. The largest absolute Gasteiger partial charge is 0.493 e. The van der Waals surface area contributed by atoms with Crippen molar-refractivity contribution in [3.8, 4) is 11.5 Å². The third-order valence-corrected chi connectivity index (χ3v) is 7.25. The maximum Gasteiger partial charge on any atom is 0.222 e. The van der Waals surface area contributed by atoms with Gasteiger partial charge < -0.3 is 19.5 Å². The topological polar surface area (TPSA) is 76.1 Å². The highest BCUT2D eigenvalue weighted by atomic mass is 16.5. The maximum absolute atomic E-state index is 12.8. The number of methoxy groups -OCH3 is 1. The average Bonchev–Trinajstić information content (AvgIpc) is 3.00. The minimum Gasteiger partial charge on any atom is -0.493 e. The molecule has 6 heteroatoms. The van der Waals surface area contributed by atoms with Gasteiger partial charge in [-0.2, -0.15) is 0 Å². The molecule has 4 aliphatic rings. The van der Waals surface area contributed by atoms with E-state index >= 15 is 0 Å². The molecular weight excluding hydrogens is 346 g/mol. The normalized spacial score (nSPS) is 35.5. The number of benzene rings is 1. The zero-order valence-electron chi connectivity index (χ0n) is 15.8. The minimum atomic E-state index is -1.14. The molecule has 1 amide bonds. The molecule has 2 fully saturated rings. The van der Waals surface area contributed by atoms with Gasteiger partial charge in [0.1, 0.15) is 0 Å². The van der Waals surface area contributed by atoms with Crippen molar-refractivity contribution in [1.29, 1.82) is 0 Å². The first-order valence-corrected chi connectivity index (χ1v) is 9.89. The van der Waals surface area contributed by atoms with E-state index < -0.39 is 17.1 Å². The molecule has 0 radical (unpaired) electrons. The molecule has 1 N–H and O–H groups in total. The summed E-state index contributed by atoms with van der Waals surface area (Å²) in [5.74, 6) is 1.35. The number of hydrogen-bond donors (Lipinski definition) is 1. The molecule has 0 aromatic heterocycles. The molecule has 144 valence electrons. The summed E-state index contributed by atoms with van der Waals surface area (Å²) in [6.45, 7) is 2.54. The van der Waals surface area contributed by atoms with E-state index in [-0.39, 0.29) is 24.2 Å². The average molecular weight is 371 g/mol. The first-order valence-electron chi connectivity index (χ1n) is 9.89. The summed E-state index contributed by atoms with van der Waals surface area (Å²) in [6.07, 6.45) is 2.37. The fourth-order valence-corrected chi connectivity index (χ4v) is 6.13. The van der Waals surface area contributed by atoms with Crippen molar-refractivity contribution < 1.29 is 24.2 Å². The van der Waals surface area contributed by atoms with Crippen molar-refractivity contribution in [3.63, 3.8) is 0 Å². The summed E-state index contributed by atoms with van der Waals surface area (Å²) in [7, 11) is 1.59. The Morgan fingerprint density at radius 1 is 1.41 bits per heavy atom. The number of ketones is 1. The van der Waals surface area contributed by atoms with Crippen LogP contribution in [0.15, 0.2) is 12.1 Å². The van der Waals surface area contributed by atoms with E-state index in [4.69, 9.17) is 9.47 Å². The van der Waals surface area contributed by atoms with E-state index in [9.17, 15) is 14.7 Å². The Balaban J connectivity index is 1.73. The Bertz CT molecular complexity index is 851. The lowest BCUT2D eigenvalue weighted by molar-refractivity contribution is -0.192. The van der Waals surface area contributed by atoms with Crippen LogP contribution < -0.4 is 9.47 Å². The highest BCUT2D eigenvalue weighted by Crippen LogP contribution is 2.64. The van der Waals surface area contributed by atoms with E-state index in [1.165, 1.54) is 0 Å². The number of hydrogen-bond acceptors (Lipinski definition) is 5. The van der Waals surface area contributed by atoms with E-state index in [0.717, 1.165) is 17.5 Å². The quantitative estimate of drug-likeness (QED) is 0.876. The molecule has 2 aliphatic heterocycles. The summed E-state index contributed by atoms with van der Waals surface area (Å²) in [5, 5.41) is 12.0. The number of ether oxygens (including phenoxy) is 2. The molecule has 1 aromatic carbocycles. The zero-order chi connectivity index (χ0) is 19.0. The van der Waals surface area contributed by atoms with Gasteiger partial charge in [0, 0.05) is 24.9 Å². The lowest BCUT2D eigenvalue weighted by Gasteiger charge is -2.62. The molecule has 1 aromatic rings. The van der Waals surface area contributed by atoms with Crippen molar-refractivity contribution in [2.45, 2.75) is 68.6 Å². The Morgan fingerprint density at radius 3 is 2.96 bits per heavy atom. The third kappa shape index (κ3) is 1.85. The number of likely N-dealkylation sites (tertiary alicyclic amines) is 1. The summed E-state index contributed by atoms with van der Waals surface area (Å²) >= 11 is 0. The second-order valence-electron chi connectivity index (χ2n) is 8.30. The van der Waals surface area contributed by atoms with Crippen LogP contribution in [0, 0.1) is 0 Å². The van der Waals surface area contributed by atoms with Gasteiger partial charge in [-0.25, -0.2) is 0 Å². The monoisotopic (exact) mass is 371 g/mol. The fourth-order valence-electron chi connectivity index (χ4n) is 6.13. The van der Waals surface area contributed by atoms with Crippen LogP contribution in [0.3, 0.4) is 0 Å². The Hall–Kier alpha value is -2.08. The second-order valence-corrected chi connectivity index (χ2v) is 8.30. The number of amides is 1. The first kappa shape index (κ1) is 17.0. The SMILES string of the molecule is CCCC(=O)N1CC[C@@]23c4c5ccc(OC)c4O[C@@H]2C(=O)CC[C@]3(O)[C@@H]1C5. The molecule has 6 nitrogen and oxygen atoms in total. The van der Waals surface area contributed by atoms with Crippen LogP contribution >= 0.6 is 0 Å². The smallest absolute Gasteiger partial charge is 0.222 e. The highest BCUT2D eigenvalue weighted by molar-refractivity contribution is 5.90. The molecule has 2 heterocycles. The lowest BCUT2D eigenvalue weighted by Crippen LogP contribution is -2.77. The van der Waals surface area contributed by atoms with Crippen molar-refractivity contribution in [2.24, 2.45) is 0 Å². The lowest BCUT2D eigenvalue weighted by atomic mass is 9.49. The van der Waals surface area contributed by atoms with Crippen LogP contribution in [0.4, 0.5) is 0 Å². The molecule has 5 rings (SSSR count). The van der Waals surface area contributed by atoms with Gasteiger partial charge in [0.15, 0.2) is 23.4 Å². The van der Waals surface area contributed by atoms with Gasteiger partial charge in [0.05, 0.1) is 24.2 Å². The van der Waals surface area contributed by atoms with Crippen LogP contribution in [0.25, 0.3) is 0 Å². The van der Waals surface area contributed by atoms with Gasteiger partial charge in [0.2, 0.25) is 5.91 Å². The van der Waals surface area contributed by atoms with Gasteiger partial charge in [-0.05, 0) is 37.3 Å². The standard InChI is InChI=1S/C21H25NO5/c1-3-4-16(24)22-10-9-20-17-12-5-6-14(26-2)18(17)27-19(20)13(23)7-8-21(20,25)15(22)11-12/h5-6,15,19,25H,3-4,7-11H2,1-2H3/t15-,19+,20+,21-/m0/s1. The number of rotatable bonds is 3. The Morgan fingerprint density at radius 2 is 2.22 bits per heavy atom. The van der Waals surface area contributed by atoms with E-state index in [2.05, 4.69) is 0 Å². The first-order chi connectivity index (χ1) is 13.0. The Kier molecular flexibility index (Phi) is 3.46. The van der Waals surface area contributed by atoms with Crippen LogP contribution in [-0.4, -0.2) is 53.1 Å². The molecule has 1 spiro atoms. The molecule has 1 saturated heterocycles. The Labute approximate surface area is 158 Å². The van der Waals surface area contributed by atoms with E-state index in [0.29, 0.717) is 43.7 Å². The zero-order valence-corrected chi connectivity index (χ0v) is 15.8.